The topological polar surface area (TPSA) is 108 Å². The third-order valence-electron chi connectivity index (χ3n) is 3.67. The van der Waals surface area contributed by atoms with Gasteiger partial charge in [0, 0.05) is 19.0 Å². The number of aromatic amines is 1. The molecule has 120 valence electrons. The molecule has 3 rings (SSSR count). The van der Waals surface area contributed by atoms with Gasteiger partial charge in [-0.25, -0.2) is 4.98 Å². The van der Waals surface area contributed by atoms with Crippen molar-refractivity contribution in [3.63, 3.8) is 0 Å². The first kappa shape index (κ1) is 15.5. The number of nitrogens with zero attached hydrogens (tertiary/aromatic N) is 3. The Balaban J connectivity index is 1.62. The number of benzene rings is 2. The lowest BCUT2D eigenvalue weighted by Gasteiger charge is -2.06. The van der Waals surface area contributed by atoms with E-state index in [-0.39, 0.29) is 5.69 Å². The molecule has 3 aromatic rings. The SMILES string of the molecule is N#Cc1ccc([N+](=O)[O-])c(NCCCc2nc3ccccc3[nH]2)c1. The van der Waals surface area contributed by atoms with Gasteiger partial charge in [0.15, 0.2) is 0 Å². The Kier molecular flexibility index (Phi) is 4.38. The molecule has 0 spiro atoms. The van der Waals surface area contributed by atoms with Crippen LogP contribution in [0.5, 0.6) is 0 Å². The molecule has 0 fully saturated rings. The molecule has 0 atom stereocenters. The predicted molar refractivity (Wildman–Crippen MR) is 90.7 cm³/mol. The Labute approximate surface area is 138 Å². The van der Waals surface area contributed by atoms with Crippen LogP contribution in [0.1, 0.15) is 17.8 Å². The van der Waals surface area contributed by atoms with Crippen molar-refractivity contribution in [1.29, 1.82) is 5.26 Å². The minimum absolute atomic E-state index is 0.0299. The molecule has 1 aromatic heterocycles. The summed E-state index contributed by atoms with van der Waals surface area (Å²) >= 11 is 0. The van der Waals surface area contributed by atoms with Crippen LogP contribution >= 0.6 is 0 Å². The van der Waals surface area contributed by atoms with Gasteiger partial charge < -0.3 is 10.3 Å². The van der Waals surface area contributed by atoms with Gasteiger partial charge in [0.2, 0.25) is 0 Å². The fraction of sp³-hybridized carbons (Fsp3) is 0.176. The van der Waals surface area contributed by atoms with Gasteiger partial charge in [-0.3, -0.25) is 10.1 Å². The molecule has 0 saturated heterocycles. The van der Waals surface area contributed by atoms with Crippen LogP contribution in [-0.4, -0.2) is 21.4 Å². The van der Waals surface area contributed by atoms with Crippen LogP contribution in [0.15, 0.2) is 42.5 Å². The minimum Gasteiger partial charge on any atom is -0.379 e. The number of aryl methyl sites for hydroxylation is 1. The number of rotatable bonds is 6. The van der Waals surface area contributed by atoms with Crippen molar-refractivity contribution in [3.05, 3.63) is 64.0 Å². The quantitative estimate of drug-likeness (QED) is 0.411. The Morgan fingerprint density at radius 1 is 1.29 bits per heavy atom. The minimum atomic E-state index is -0.456. The lowest BCUT2D eigenvalue weighted by atomic mass is 10.2. The Morgan fingerprint density at radius 3 is 2.88 bits per heavy atom. The number of nitriles is 1. The van der Waals surface area contributed by atoms with Crippen LogP contribution in [0, 0.1) is 21.4 Å². The second-order valence-electron chi connectivity index (χ2n) is 5.33. The molecule has 0 aliphatic heterocycles. The summed E-state index contributed by atoms with van der Waals surface area (Å²) in [6, 6.07) is 14.1. The molecule has 7 heteroatoms. The third-order valence-corrected chi connectivity index (χ3v) is 3.67. The molecule has 0 aliphatic carbocycles. The van der Waals surface area contributed by atoms with Crippen molar-refractivity contribution in [1.82, 2.24) is 9.97 Å². The largest absolute Gasteiger partial charge is 0.379 e. The van der Waals surface area contributed by atoms with Crippen molar-refractivity contribution >= 4 is 22.4 Å². The normalized spacial score (nSPS) is 10.5. The molecular formula is C17H15N5O2. The number of nitro benzene ring substituents is 1. The number of nitrogens with one attached hydrogen (secondary N) is 2. The van der Waals surface area contributed by atoms with E-state index in [1.165, 1.54) is 18.2 Å². The van der Waals surface area contributed by atoms with E-state index in [0.29, 0.717) is 17.8 Å². The molecule has 1 heterocycles. The van der Waals surface area contributed by atoms with Crippen molar-refractivity contribution in [2.24, 2.45) is 0 Å². The summed E-state index contributed by atoms with van der Waals surface area (Å²) in [7, 11) is 0. The second-order valence-corrected chi connectivity index (χ2v) is 5.33. The highest BCUT2D eigenvalue weighted by molar-refractivity contribution is 5.74. The number of fused-ring (bicyclic) bond motifs is 1. The van der Waals surface area contributed by atoms with Crippen LogP contribution < -0.4 is 5.32 Å². The standard InChI is InChI=1S/C17H15N5O2/c18-11-12-7-8-16(22(23)24)15(10-12)19-9-3-6-17-20-13-4-1-2-5-14(13)21-17/h1-2,4-5,7-8,10,19H,3,6,9H2,(H,20,21). The first-order valence-corrected chi connectivity index (χ1v) is 7.53. The van der Waals surface area contributed by atoms with E-state index >= 15 is 0 Å². The number of anilines is 1. The molecule has 0 unspecified atom stereocenters. The second kappa shape index (κ2) is 6.79. The molecular weight excluding hydrogens is 306 g/mol. The summed E-state index contributed by atoms with van der Waals surface area (Å²) in [4.78, 5) is 18.3. The van der Waals surface area contributed by atoms with Gasteiger partial charge in [0.25, 0.3) is 5.69 Å². The van der Waals surface area contributed by atoms with Gasteiger partial charge in [-0.05, 0) is 30.7 Å². The molecule has 24 heavy (non-hydrogen) atoms. The molecule has 2 N–H and O–H groups in total. The molecule has 2 aromatic carbocycles. The fourth-order valence-corrected chi connectivity index (χ4v) is 2.51. The third kappa shape index (κ3) is 3.33. The zero-order valence-electron chi connectivity index (χ0n) is 12.8. The van der Waals surface area contributed by atoms with Crippen molar-refractivity contribution in [2.45, 2.75) is 12.8 Å². The van der Waals surface area contributed by atoms with Crippen LogP contribution in [0.3, 0.4) is 0 Å². The lowest BCUT2D eigenvalue weighted by molar-refractivity contribution is -0.384. The van der Waals surface area contributed by atoms with Crippen LogP contribution in [-0.2, 0) is 6.42 Å². The number of hydrogen-bond donors (Lipinski definition) is 2. The van der Waals surface area contributed by atoms with E-state index in [1.54, 1.807) is 0 Å². The molecule has 7 nitrogen and oxygen atoms in total. The van der Waals surface area contributed by atoms with Crippen molar-refractivity contribution in [3.8, 4) is 6.07 Å². The smallest absolute Gasteiger partial charge is 0.292 e. The summed E-state index contributed by atoms with van der Waals surface area (Å²) in [6.07, 6.45) is 1.49. The first-order chi connectivity index (χ1) is 11.7. The van der Waals surface area contributed by atoms with Crippen LogP contribution in [0.4, 0.5) is 11.4 Å². The monoisotopic (exact) mass is 321 g/mol. The number of H-pyrrole nitrogens is 1. The maximum atomic E-state index is 11.0. The highest BCUT2D eigenvalue weighted by atomic mass is 16.6. The molecule has 0 saturated carbocycles. The highest BCUT2D eigenvalue weighted by Gasteiger charge is 2.13. The number of imidazole rings is 1. The molecule has 0 aliphatic rings. The average Bonchev–Trinajstić information content (AvgIpc) is 3.01. The van der Waals surface area contributed by atoms with Crippen LogP contribution in [0.2, 0.25) is 0 Å². The number of aromatic nitrogens is 2. The molecule has 0 radical (unpaired) electrons. The molecule has 0 bridgehead atoms. The van der Waals surface area contributed by atoms with E-state index in [4.69, 9.17) is 5.26 Å². The Hall–Kier alpha value is -3.40. The van der Waals surface area contributed by atoms with Gasteiger partial charge in [0.1, 0.15) is 11.5 Å². The van der Waals surface area contributed by atoms with E-state index in [9.17, 15) is 10.1 Å². The van der Waals surface area contributed by atoms with Gasteiger partial charge in [-0.2, -0.15) is 5.26 Å². The summed E-state index contributed by atoms with van der Waals surface area (Å²) in [6.45, 7) is 0.548. The van der Waals surface area contributed by atoms with E-state index < -0.39 is 4.92 Å². The lowest BCUT2D eigenvalue weighted by Crippen LogP contribution is -2.06. The number of hydrogen-bond acceptors (Lipinski definition) is 5. The highest BCUT2D eigenvalue weighted by Crippen LogP contribution is 2.25. The Bertz CT molecular complexity index is 893. The van der Waals surface area contributed by atoms with E-state index in [2.05, 4.69) is 15.3 Å². The maximum Gasteiger partial charge on any atom is 0.292 e. The number of para-hydroxylation sites is 2. The van der Waals surface area contributed by atoms with Gasteiger partial charge in [-0.15, -0.1) is 0 Å². The summed E-state index contributed by atoms with van der Waals surface area (Å²) in [5.41, 5.74) is 2.65. The van der Waals surface area contributed by atoms with Crippen molar-refractivity contribution in [2.75, 3.05) is 11.9 Å². The van der Waals surface area contributed by atoms with Gasteiger partial charge in [0.05, 0.1) is 27.6 Å². The zero-order chi connectivity index (χ0) is 16.9. The average molecular weight is 321 g/mol. The van der Waals surface area contributed by atoms with Gasteiger partial charge in [-0.1, -0.05) is 12.1 Å². The number of nitro groups is 1. The zero-order valence-corrected chi connectivity index (χ0v) is 12.8. The van der Waals surface area contributed by atoms with Gasteiger partial charge >= 0.3 is 0 Å². The fourth-order valence-electron chi connectivity index (χ4n) is 2.51. The maximum absolute atomic E-state index is 11.0. The van der Waals surface area contributed by atoms with E-state index in [0.717, 1.165) is 29.7 Å². The van der Waals surface area contributed by atoms with E-state index in [1.807, 2.05) is 30.3 Å². The summed E-state index contributed by atoms with van der Waals surface area (Å²) in [5.74, 6) is 0.887. The summed E-state index contributed by atoms with van der Waals surface area (Å²) in [5, 5.41) is 23.0. The summed E-state index contributed by atoms with van der Waals surface area (Å²) < 4.78 is 0. The molecule has 0 amide bonds. The van der Waals surface area contributed by atoms with Crippen molar-refractivity contribution < 1.29 is 4.92 Å². The van der Waals surface area contributed by atoms with Crippen LogP contribution in [0.25, 0.3) is 11.0 Å². The Morgan fingerprint density at radius 2 is 2.12 bits per heavy atom. The first-order valence-electron chi connectivity index (χ1n) is 7.53. The predicted octanol–water partition coefficient (Wildman–Crippen LogP) is 3.39.